The average Bonchev–Trinajstić information content (AvgIpc) is 3.35. The molecule has 8 nitrogen and oxygen atoms in total. The molecule has 4 heterocycles. The van der Waals surface area contributed by atoms with E-state index in [0.717, 1.165) is 35.6 Å². The minimum absolute atomic E-state index is 0.120. The molecule has 1 saturated heterocycles. The highest BCUT2D eigenvalue weighted by molar-refractivity contribution is 6.30. The van der Waals surface area contributed by atoms with Crippen molar-refractivity contribution in [1.29, 1.82) is 0 Å². The second kappa shape index (κ2) is 7.77. The maximum Gasteiger partial charge on any atom is 0.258 e. The highest BCUT2D eigenvalue weighted by Gasteiger charge is 2.31. The normalized spacial score (nSPS) is 19.3. The van der Waals surface area contributed by atoms with Crippen LogP contribution in [-0.4, -0.2) is 44.8 Å². The zero-order chi connectivity index (χ0) is 20.7. The van der Waals surface area contributed by atoms with Crippen LogP contribution in [0, 0.1) is 6.92 Å². The standard InChI is InChI=1S/C21H23ClN6O2/c1-13-4-7-27(26-13)18-3-2-15(22)10-14(18)11-19-24-20-17(21(29)25-19)12-23-28(20)16-5-8-30-9-6-16/h2-4,7,10,12,16,19,24H,5-6,8-9,11H2,1H3,(H,25,29). The molecule has 2 aliphatic heterocycles. The topological polar surface area (TPSA) is 86.0 Å². The number of aryl methyl sites for hydroxylation is 1. The lowest BCUT2D eigenvalue weighted by Gasteiger charge is -2.30. The van der Waals surface area contributed by atoms with Crippen molar-refractivity contribution in [3.8, 4) is 5.69 Å². The molecule has 2 N–H and O–H groups in total. The number of hydrogen-bond donors (Lipinski definition) is 2. The Morgan fingerprint density at radius 1 is 1.23 bits per heavy atom. The first kappa shape index (κ1) is 19.1. The number of anilines is 1. The van der Waals surface area contributed by atoms with Crippen molar-refractivity contribution in [2.45, 2.75) is 38.4 Å². The van der Waals surface area contributed by atoms with Gasteiger partial charge in [-0.05, 0) is 49.6 Å². The van der Waals surface area contributed by atoms with E-state index in [4.69, 9.17) is 16.3 Å². The molecule has 0 radical (unpaired) electrons. The number of carbonyl (C=O) groups excluding carboxylic acids is 1. The lowest BCUT2D eigenvalue weighted by atomic mass is 10.1. The quantitative estimate of drug-likeness (QED) is 0.669. The minimum Gasteiger partial charge on any atom is -0.381 e. The van der Waals surface area contributed by atoms with Crippen molar-refractivity contribution in [2.24, 2.45) is 0 Å². The van der Waals surface area contributed by atoms with Crippen molar-refractivity contribution in [2.75, 3.05) is 18.5 Å². The molecule has 0 bridgehead atoms. The molecule has 0 saturated carbocycles. The summed E-state index contributed by atoms with van der Waals surface area (Å²) in [5.74, 6) is 0.653. The first-order valence-electron chi connectivity index (χ1n) is 10.1. The van der Waals surface area contributed by atoms with Crippen LogP contribution in [0.15, 0.2) is 36.7 Å². The Labute approximate surface area is 179 Å². The fraction of sp³-hybridized carbons (Fsp3) is 0.381. The molecule has 0 spiro atoms. The summed E-state index contributed by atoms with van der Waals surface area (Å²) in [5, 5.41) is 16.2. The number of carbonyl (C=O) groups is 1. The number of fused-ring (bicyclic) bond motifs is 1. The summed E-state index contributed by atoms with van der Waals surface area (Å²) in [4.78, 5) is 12.7. The average molecular weight is 427 g/mol. The van der Waals surface area contributed by atoms with E-state index in [0.29, 0.717) is 30.2 Å². The third kappa shape index (κ3) is 3.57. The van der Waals surface area contributed by atoms with Gasteiger partial charge >= 0.3 is 0 Å². The van der Waals surface area contributed by atoms with Gasteiger partial charge in [-0.15, -0.1) is 0 Å². The minimum atomic E-state index is -0.283. The first-order valence-corrected chi connectivity index (χ1v) is 10.5. The predicted molar refractivity (Wildman–Crippen MR) is 113 cm³/mol. The van der Waals surface area contributed by atoms with Crippen LogP contribution in [0.25, 0.3) is 5.69 Å². The van der Waals surface area contributed by atoms with Gasteiger partial charge in [-0.3, -0.25) is 4.79 Å². The van der Waals surface area contributed by atoms with Gasteiger partial charge in [0.15, 0.2) is 0 Å². The zero-order valence-corrected chi connectivity index (χ0v) is 17.4. The third-order valence-corrected chi connectivity index (χ3v) is 5.86. The van der Waals surface area contributed by atoms with Gasteiger partial charge in [0.2, 0.25) is 0 Å². The third-order valence-electron chi connectivity index (χ3n) is 5.63. The molecule has 5 rings (SSSR count). The van der Waals surface area contributed by atoms with Gasteiger partial charge in [-0.25, -0.2) is 9.36 Å². The molecular formula is C21H23ClN6O2. The highest BCUT2D eigenvalue weighted by Crippen LogP contribution is 2.30. The molecule has 9 heteroatoms. The van der Waals surface area contributed by atoms with Crippen LogP contribution >= 0.6 is 11.6 Å². The summed E-state index contributed by atoms with van der Waals surface area (Å²) in [6.45, 7) is 3.38. The monoisotopic (exact) mass is 426 g/mol. The molecule has 2 aliphatic rings. The Hall–Kier alpha value is -2.84. The van der Waals surface area contributed by atoms with Crippen molar-refractivity contribution in [3.05, 3.63) is 58.5 Å². The van der Waals surface area contributed by atoms with E-state index in [1.54, 1.807) is 6.20 Å². The maximum atomic E-state index is 12.7. The second-order valence-corrected chi connectivity index (χ2v) is 8.18. The summed E-state index contributed by atoms with van der Waals surface area (Å²) in [7, 11) is 0. The van der Waals surface area contributed by atoms with Gasteiger partial charge in [0, 0.05) is 30.9 Å². The molecule has 1 unspecified atom stereocenters. The van der Waals surface area contributed by atoms with Gasteiger partial charge in [0.1, 0.15) is 17.5 Å². The van der Waals surface area contributed by atoms with Crippen LogP contribution in [0.3, 0.4) is 0 Å². The van der Waals surface area contributed by atoms with Crippen LogP contribution < -0.4 is 10.6 Å². The lowest BCUT2D eigenvalue weighted by molar-refractivity contribution is 0.0667. The van der Waals surface area contributed by atoms with E-state index in [2.05, 4.69) is 20.8 Å². The smallest absolute Gasteiger partial charge is 0.258 e. The van der Waals surface area contributed by atoms with Gasteiger partial charge in [-0.1, -0.05) is 11.6 Å². The summed E-state index contributed by atoms with van der Waals surface area (Å²) < 4.78 is 9.25. The second-order valence-electron chi connectivity index (χ2n) is 7.74. The Bertz CT molecular complexity index is 1090. The van der Waals surface area contributed by atoms with Gasteiger partial charge in [-0.2, -0.15) is 10.2 Å². The van der Waals surface area contributed by atoms with Crippen LogP contribution in [0.4, 0.5) is 5.82 Å². The Morgan fingerprint density at radius 3 is 2.83 bits per heavy atom. The van der Waals surface area contributed by atoms with Gasteiger partial charge < -0.3 is 15.4 Å². The number of nitrogens with one attached hydrogen (secondary N) is 2. The molecular weight excluding hydrogens is 404 g/mol. The number of ether oxygens (including phenoxy) is 1. The van der Waals surface area contributed by atoms with E-state index in [1.807, 2.05) is 46.7 Å². The molecule has 1 atom stereocenters. The Kier molecular flexibility index (Phi) is 4.96. The van der Waals surface area contributed by atoms with Gasteiger partial charge in [0.25, 0.3) is 5.91 Å². The number of hydrogen-bond acceptors (Lipinski definition) is 5. The molecule has 0 aliphatic carbocycles. The zero-order valence-electron chi connectivity index (χ0n) is 16.6. The maximum absolute atomic E-state index is 12.7. The summed E-state index contributed by atoms with van der Waals surface area (Å²) in [5.41, 5.74) is 3.44. The van der Waals surface area contributed by atoms with Crippen LogP contribution in [0.2, 0.25) is 5.02 Å². The summed E-state index contributed by atoms with van der Waals surface area (Å²) in [6.07, 6.45) is 5.61. The lowest BCUT2D eigenvalue weighted by Crippen LogP contribution is -2.47. The van der Waals surface area contributed by atoms with Crippen LogP contribution in [0.1, 0.15) is 40.5 Å². The fourth-order valence-electron chi connectivity index (χ4n) is 4.13. The number of amides is 1. The van der Waals surface area contributed by atoms with Crippen molar-refractivity contribution < 1.29 is 9.53 Å². The SMILES string of the molecule is Cc1ccn(-c2ccc(Cl)cc2CC2NC(=O)c3cnn(C4CCOCC4)c3N2)n1. The van der Waals surface area contributed by atoms with E-state index in [1.165, 1.54) is 0 Å². The first-order chi connectivity index (χ1) is 14.6. The van der Waals surface area contributed by atoms with Crippen molar-refractivity contribution >= 4 is 23.3 Å². The Morgan fingerprint density at radius 2 is 2.07 bits per heavy atom. The summed E-state index contributed by atoms with van der Waals surface area (Å²) >= 11 is 6.28. The molecule has 1 fully saturated rings. The van der Waals surface area contributed by atoms with E-state index < -0.39 is 0 Å². The molecule has 2 aromatic heterocycles. The van der Waals surface area contributed by atoms with E-state index in [-0.39, 0.29) is 18.1 Å². The largest absolute Gasteiger partial charge is 0.381 e. The van der Waals surface area contributed by atoms with E-state index >= 15 is 0 Å². The van der Waals surface area contributed by atoms with Gasteiger partial charge in [0.05, 0.1) is 23.6 Å². The Balaban J connectivity index is 1.43. The number of nitrogens with zero attached hydrogens (tertiary/aromatic N) is 4. The predicted octanol–water partition coefficient (Wildman–Crippen LogP) is 3.11. The number of halogens is 1. The van der Waals surface area contributed by atoms with Crippen LogP contribution in [-0.2, 0) is 11.2 Å². The molecule has 156 valence electrons. The van der Waals surface area contributed by atoms with E-state index in [9.17, 15) is 4.79 Å². The molecule has 1 aromatic carbocycles. The highest BCUT2D eigenvalue weighted by atomic mass is 35.5. The number of benzene rings is 1. The number of rotatable bonds is 4. The fourth-order valence-corrected chi connectivity index (χ4v) is 4.32. The van der Waals surface area contributed by atoms with Crippen molar-refractivity contribution in [1.82, 2.24) is 24.9 Å². The molecule has 1 amide bonds. The number of aromatic nitrogens is 4. The van der Waals surface area contributed by atoms with Crippen LogP contribution in [0.5, 0.6) is 0 Å². The molecule has 30 heavy (non-hydrogen) atoms. The molecule has 3 aromatic rings. The van der Waals surface area contributed by atoms with Crippen molar-refractivity contribution in [3.63, 3.8) is 0 Å². The summed E-state index contributed by atoms with van der Waals surface area (Å²) in [6, 6.07) is 7.91.